The number of carbonyl (C=O) groups excluding carboxylic acids is 1. The number of hydrogen-bond acceptors (Lipinski definition) is 6. The molecular weight excluding hydrogens is 308 g/mol. The molecule has 1 fully saturated rings. The third kappa shape index (κ3) is 2.49. The molecule has 0 aromatic carbocycles. The van der Waals surface area contributed by atoms with Crippen molar-refractivity contribution in [2.24, 2.45) is 7.05 Å². The van der Waals surface area contributed by atoms with E-state index in [4.69, 9.17) is 4.42 Å². The first-order valence-corrected chi connectivity index (χ1v) is 7.79. The minimum absolute atomic E-state index is 0.0285. The number of rotatable bonds is 4. The molecular formula is C16H18N6O2. The van der Waals surface area contributed by atoms with E-state index in [9.17, 15) is 4.79 Å². The summed E-state index contributed by atoms with van der Waals surface area (Å²) in [6, 6.07) is 1.73. The maximum atomic E-state index is 12.7. The Kier molecular flexibility index (Phi) is 3.09. The molecule has 0 bridgehead atoms. The molecule has 0 radical (unpaired) electrons. The van der Waals surface area contributed by atoms with Gasteiger partial charge in [0.05, 0.1) is 17.1 Å². The van der Waals surface area contributed by atoms with Gasteiger partial charge < -0.3 is 15.1 Å². The first-order chi connectivity index (χ1) is 11.5. The van der Waals surface area contributed by atoms with Gasteiger partial charge >= 0.3 is 0 Å². The van der Waals surface area contributed by atoms with Gasteiger partial charge in [-0.1, -0.05) is 0 Å². The lowest BCUT2D eigenvalue weighted by atomic mass is 10.2. The lowest BCUT2D eigenvalue weighted by Crippen LogP contribution is -2.19. The summed E-state index contributed by atoms with van der Waals surface area (Å²) in [5, 5.41) is 10.9. The van der Waals surface area contributed by atoms with Crippen molar-refractivity contribution < 1.29 is 9.21 Å². The van der Waals surface area contributed by atoms with E-state index in [1.54, 1.807) is 30.9 Å². The van der Waals surface area contributed by atoms with Crippen molar-refractivity contribution in [1.29, 1.82) is 0 Å². The van der Waals surface area contributed by atoms with Gasteiger partial charge in [-0.25, -0.2) is 4.98 Å². The quantitative estimate of drug-likeness (QED) is 0.764. The van der Waals surface area contributed by atoms with Gasteiger partial charge in [-0.3, -0.25) is 9.48 Å². The number of nitrogens with one attached hydrogen (secondary N) is 2. The third-order valence-electron chi connectivity index (χ3n) is 4.27. The summed E-state index contributed by atoms with van der Waals surface area (Å²) in [6.45, 7) is 3.93. The summed E-state index contributed by atoms with van der Waals surface area (Å²) >= 11 is 0. The van der Waals surface area contributed by atoms with Gasteiger partial charge in [-0.2, -0.15) is 10.1 Å². The molecule has 1 saturated carbocycles. The Morgan fingerprint density at radius 1 is 1.38 bits per heavy atom. The Morgan fingerprint density at radius 3 is 2.83 bits per heavy atom. The molecule has 4 rings (SSSR count). The zero-order chi connectivity index (χ0) is 16.9. The van der Waals surface area contributed by atoms with Gasteiger partial charge in [-0.15, -0.1) is 0 Å². The lowest BCUT2D eigenvalue weighted by Gasteiger charge is -2.14. The Hall–Kier alpha value is -2.90. The lowest BCUT2D eigenvalue weighted by molar-refractivity contribution is 0.102. The second-order valence-electron chi connectivity index (χ2n) is 6.43. The van der Waals surface area contributed by atoms with E-state index >= 15 is 0 Å². The van der Waals surface area contributed by atoms with Crippen LogP contribution in [-0.4, -0.2) is 31.2 Å². The van der Waals surface area contributed by atoms with Crippen LogP contribution < -0.4 is 10.6 Å². The van der Waals surface area contributed by atoms with E-state index in [1.165, 1.54) is 6.26 Å². The van der Waals surface area contributed by atoms with Crippen molar-refractivity contribution in [2.45, 2.75) is 32.2 Å². The van der Waals surface area contributed by atoms with Crippen LogP contribution in [0.15, 0.2) is 22.9 Å². The first-order valence-electron chi connectivity index (χ1n) is 7.79. The molecule has 3 heterocycles. The molecule has 0 aliphatic heterocycles. The van der Waals surface area contributed by atoms with Crippen molar-refractivity contribution in [1.82, 2.24) is 19.7 Å². The zero-order valence-electron chi connectivity index (χ0n) is 13.8. The Bertz CT molecular complexity index is 937. The molecule has 124 valence electrons. The zero-order valence-corrected chi connectivity index (χ0v) is 13.8. The number of nitrogens with zero attached hydrogens (tertiary/aromatic N) is 4. The number of fused-ring (bicyclic) bond motifs is 1. The van der Waals surface area contributed by atoms with Crippen molar-refractivity contribution in [3.8, 4) is 0 Å². The minimum atomic E-state index is -0.284. The molecule has 2 N–H and O–H groups in total. The topological polar surface area (TPSA) is 97.9 Å². The van der Waals surface area contributed by atoms with E-state index in [0.29, 0.717) is 34.1 Å². The molecule has 0 saturated heterocycles. The van der Waals surface area contributed by atoms with E-state index in [0.717, 1.165) is 12.8 Å². The highest BCUT2D eigenvalue weighted by molar-refractivity contribution is 6.14. The average molecular weight is 326 g/mol. The van der Waals surface area contributed by atoms with Crippen molar-refractivity contribution >= 4 is 28.6 Å². The van der Waals surface area contributed by atoms with Crippen LogP contribution in [0.1, 0.15) is 35.9 Å². The molecule has 3 aromatic rings. The first kappa shape index (κ1) is 14.7. The van der Waals surface area contributed by atoms with Gasteiger partial charge in [0.1, 0.15) is 23.7 Å². The maximum Gasteiger partial charge on any atom is 0.260 e. The largest absolute Gasteiger partial charge is 0.445 e. The molecule has 3 aromatic heterocycles. The number of anilines is 2. The molecule has 0 atom stereocenters. The number of amides is 1. The molecule has 0 spiro atoms. The number of aryl methyl sites for hydroxylation is 2. The van der Waals surface area contributed by atoms with Crippen LogP contribution in [-0.2, 0) is 7.05 Å². The average Bonchev–Trinajstić information content (AvgIpc) is 2.93. The molecule has 1 aliphatic carbocycles. The van der Waals surface area contributed by atoms with E-state index < -0.39 is 0 Å². The summed E-state index contributed by atoms with van der Waals surface area (Å²) in [5.74, 6) is 1.56. The highest BCUT2D eigenvalue weighted by Crippen LogP contribution is 2.40. The number of hydrogen-bond donors (Lipinski definition) is 2. The summed E-state index contributed by atoms with van der Waals surface area (Å²) < 4.78 is 7.09. The summed E-state index contributed by atoms with van der Waals surface area (Å²) in [7, 11) is 1.76. The molecule has 8 heteroatoms. The Labute approximate surface area is 138 Å². The van der Waals surface area contributed by atoms with Crippen LogP contribution in [0.5, 0.6) is 0 Å². The van der Waals surface area contributed by atoms with Crippen LogP contribution >= 0.6 is 0 Å². The molecule has 8 nitrogen and oxygen atoms in total. The fourth-order valence-electron chi connectivity index (χ4n) is 2.58. The summed E-state index contributed by atoms with van der Waals surface area (Å²) in [6.07, 6.45) is 5.19. The van der Waals surface area contributed by atoms with Gasteiger partial charge in [0.2, 0.25) is 5.71 Å². The van der Waals surface area contributed by atoms with Crippen LogP contribution in [0.2, 0.25) is 0 Å². The minimum Gasteiger partial charge on any atom is -0.445 e. The van der Waals surface area contributed by atoms with E-state index in [-0.39, 0.29) is 11.4 Å². The number of aromatic nitrogens is 4. The fourth-order valence-corrected chi connectivity index (χ4v) is 2.58. The molecule has 1 aliphatic rings. The van der Waals surface area contributed by atoms with Gasteiger partial charge in [-0.05, 0) is 26.7 Å². The van der Waals surface area contributed by atoms with Crippen molar-refractivity contribution in [3.05, 3.63) is 29.9 Å². The standard InChI is InChI=1S/C16H18N6O2/c1-9-18-13(21-16(2)5-6-16)12-10(8-24-15(12)19-9)14(23)20-11-4-7-17-22(11)3/h4,7-8H,5-6H2,1-3H3,(H,20,23)(H,18,19,21). The summed E-state index contributed by atoms with van der Waals surface area (Å²) in [5.41, 5.74) is 0.836. The van der Waals surface area contributed by atoms with Gasteiger partial charge in [0.25, 0.3) is 5.91 Å². The van der Waals surface area contributed by atoms with Crippen molar-refractivity contribution in [3.63, 3.8) is 0 Å². The van der Waals surface area contributed by atoms with Crippen molar-refractivity contribution in [2.75, 3.05) is 10.6 Å². The third-order valence-corrected chi connectivity index (χ3v) is 4.27. The smallest absolute Gasteiger partial charge is 0.260 e. The Balaban J connectivity index is 1.75. The van der Waals surface area contributed by atoms with Crippen LogP contribution in [0.25, 0.3) is 11.1 Å². The normalized spacial score (nSPS) is 15.5. The highest BCUT2D eigenvalue weighted by atomic mass is 16.3. The number of furan rings is 1. The van der Waals surface area contributed by atoms with Gasteiger partial charge in [0.15, 0.2) is 0 Å². The Morgan fingerprint density at radius 2 is 2.17 bits per heavy atom. The molecule has 1 amide bonds. The molecule has 24 heavy (non-hydrogen) atoms. The second kappa shape index (κ2) is 5.05. The predicted octanol–water partition coefficient (Wildman–Crippen LogP) is 2.48. The predicted molar refractivity (Wildman–Crippen MR) is 89.0 cm³/mol. The molecule has 0 unspecified atom stereocenters. The highest BCUT2D eigenvalue weighted by Gasteiger charge is 2.38. The van der Waals surface area contributed by atoms with Crippen LogP contribution in [0, 0.1) is 6.92 Å². The number of carbonyl (C=O) groups is 1. The van der Waals surface area contributed by atoms with Gasteiger partial charge in [0, 0.05) is 18.7 Å². The maximum absolute atomic E-state index is 12.7. The summed E-state index contributed by atoms with van der Waals surface area (Å²) in [4.78, 5) is 21.4. The second-order valence-corrected chi connectivity index (χ2v) is 6.43. The monoisotopic (exact) mass is 326 g/mol. The van der Waals surface area contributed by atoms with Crippen LogP contribution in [0.3, 0.4) is 0 Å². The van der Waals surface area contributed by atoms with E-state index in [1.807, 2.05) is 0 Å². The van der Waals surface area contributed by atoms with Crippen LogP contribution in [0.4, 0.5) is 11.6 Å². The van der Waals surface area contributed by atoms with E-state index in [2.05, 4.69) is 32.6 Å². The fraction of sp³-hybridized carbons (Fsp3) is 0.375. The SMILES string of the molecule is Cc1nc(NC2(C)CC2)c2c(C(=O)Nc3ccnn3C)coc2n1.